The van der Waals surface area contributed by atoms with E-state index in [1.54, 1.807) is 0 Å². The lowest BCUT2D eigenvalue weighted by molar-refractivity contribution is 0.575. The Hall–Kier alpha value is -2.53. The summed E-state index contributed by atoms with van der Waals surface area (Å²) in [5, 5.41) is 5.72. The molecule has 5 nitrogen and oxygen atoms in total. The molecule has 0 aliphatic carbocycles. The Morgan fingerprint density at radius 3 is 2.96 bits per heavy atom. The predicted molar refractivity (Wildman–Crippen MR) is 97.0 cm³/mol. The van der Waals surface area contributed by atoms with Gasteiger partial charge in [0.2, 0.25) is 0 Å². The number of benzene rings is 1. The summed E-state index contributed by atoms with van der Waals surface area (Å²) in [4.78, 5) is 15.6. The molecular weight excluding hydrogens is 298 g/mol. The lowest BCUT2D eigenvalue weighted by atomic mass is 10.1. The van der Waals surface area contributed by atoms with E-state index in [1.165, 1.54) is 11.8 Å². The molecule has 4 rings (SSSR count). The average molecular weight is 319 g/mol. The monoisotopic (exact) mass is 319 g/mol. The van der Waals surface area contributed by atoms with Crippen molar-refractivity contribution in [1.82, 2.24) is 20.3 Å². The van der Waals surface area contributed by atoms with Gasteiger partial charge < -0.3 is 10.2 Å². The van der Waals surface area contributed by atoms with Gasteiger partial charge in [0.05, 0.1) is 18.1 Å². The largest absolute Gasteiger partial charge is 0.358 e. The van der Waals surface area contributed by atoms with Gasteiger partial charge in [-0.25, -0.2) is 4.98 Å². The molecule has 0 bridgehead atoms. The normalized spacial score (nSPS) is 17.3. The highest BCUT2D eigenvalue weighted by atomic mass is 15.2. The Balaban J connectivity index is 1.60. The fourth-order valence-electron chi connectivity index (χ4n) is 3.27. The molecule has 0 amide bonds. The van der Waals surface area contributed by atoms with Crippen LogP contribution in [-0.2, 0) is 0 Å². The van der Waals surface area contributed by atoms with E-state index < -0.39 is 0 Å². The summed E-state index contributed by atoms with van der Waals surface area (Å²) in [5.41, 5.74) is 1.99. The number of pyridine rings is 1. The van der Waals surface area contributed by atoms with E-state index in [2.05, 4.69) is 45.4 Å². The first-order valence-corrected chi connectivity index (χ1v) is 8.37. The number of anilines is 1. The van der Waals surface area contributed by atoms with Gasteiger partial charge in [-0.05, 0) is 42.9 Å². The zero-order chi connectivity index (χ0) is 16.4. The molecule has 0 radical (unpaired) electrons. The van der Waals surface area contributed by atoms with Gasteiger partial charge >= 0.3 is 0 Å². The van der Waals surface area contributed by atoms with Crippen molar-refractivity contribution >= 4 is 16.6 Å². The molecule has 1 aliphatic heterocycles. The van der Waals surface area contributed by atoms with E-state index in [1.807, 2.05) is 30.9 Å². The maximum Gasteiger partial charge on any atom is 0.147 e. The van der Waals surface area contributed by atoms with Crippen LogP contribution in [0.15, 0.2) is 49.1 Å². The van der Waals surface area contributed by atoms with E-state index in [-0.39, 0.29) is 0 Å². The third-order valence-electron chi connectivity index (χ3n) is 4.64. The molecule has 2 aromatic heterocycles. The highest BCUT2D eigenvalue weighted by Crippen LogP contribution is 2.24. The predicted octanol–water partition coefficient (Wildman–Crippen LogP) is 2.74. The van der Waals surface area contributed by atoms with E-state index in [9.17, 15) is 0 Å². The average Bonchev–Trinajstić information content (AvgIpc) is 3.14. The molecule has 1 unspecified atom stereocenters. The SMILES string of the molecule is CN(CC1CCNC1)c1cncc(-c2ccc3cnccc3c2)n1. The van der Waals surface area contributed by atoms with Crippen LogP contribution in [0.3, 0.4) is 0 Å². The molecule has 1 N–H and O–H groups in total. The van der Waals surface area contributed by atoms with Crippen LogP contribution in [0.4, 0.5) is 5.82 Å². The number of hydrogen-bond donors (Lipinski definition) is 1. The number of hydrogen-bond acceptors (Lipinski definition) is 5. The quantitative estimate of drug-likeness (QED) is 0.801. The van der Waals surface area contributed by atoms with Crippen LogP contribution in [0.2, 0.25) is 0 Å². The molecule has 1 saturated heterocycles. The van der Waals surface area contributed by atoms with Crippen LogP contribution in [-0.4, -0.2) is 41.6 Å². The second-order valence-electron chi connectivity index (χ2n) is 6.44. The van der Waals surface area contributed by atoms with Gasteiger partial charge in [0.1, 0.15) is 5.82 Å². The van der Waals surface area contributed by atoms with Gasteiger partial charge in [-0.15, -0.1) is 0 Å². The minimum atomic E-state index is 0.689. The van der Waals surface area contributed by atoms with Crippen LogP contribution >= 0.6 is 0 Å². The topological polar surface area (TPSA) is 53.9 Å². The second-order valence-corrected chi connectivity index (χ2v) is 6.44. The van der Waals surface area contributed by atoms with Crippen molar-refractivity contribution in [2.24, 2.45) is 5.92 Å². The van der Waals surface area contributed by atoms with Gasteiger partial charge in [0, 0.05) is 36.9 Å². The molecule has 1 aromatic carbocycles. The highest BCUT2D eigenvalue weighted by molar-refractivity contribution is 5.86. The second kappa shape index (κ2) is 6.53. The van der Waals surface area contributed by atoms with Gasteiger partial charge in [-0.3, -0.25) is 9.97 Å². The molecule has 122 valence electrons. The van der Waals surface area contributed by atoms with Crippen LogP contribution in [0.1, 0.15) is 6.42 Å². The molecule has 1 fully saturated rings. The zero-order valence-electron chi connectivity index (χ0n) is 13.8. The van der Waals surface area contributed by atoms with E-state index in [0.29, 0.717) is 5.92 Å². The van der Waals surface area contributed by atoms with Gasteiger partial charge in [-0.1, -0.05) is 12.1 Å². The Morgan fingerprint density at radius 1 is 1.12 bits per heavy atom. The van der Waals surface area contributed by atoms with E-state index in [4.69, 9.17) is 4.98 Å². The van der Waals surface area contributed by atoms with E-state index in [0.717, 1.165) is 42.1 Å². The minimum Gasteiger partial charge on any atom is -0.358 e. The van der Waals surface area contributed by atoms with Gasteiger partial charge in [-0.2, -0.15) is 0 Å². The van der Waals surface area contributed by atoms with Crippen molar-refractivity contribution in [3.8, 4) is 11.3 Å². The summed E-state index contributed by atoms with van der Waals surface area (Å²) in [6.45, 7) is 3.22. The Bertz CT molecular complexity index is 842. The highest BCUT2D eigenvalue weighted by Gasteiger charge is 2.17. The van der Waals surface area contributed by atoms with Crippen molar-refractivity contribution in [2.45, 2.75) is 6.42 Å². The smallest absolute Gasteiger partial charge is 0.147 e. The Morgan fingerprint density at radius 2 is 2.08 bits per heavy atom. The third kappa shape index (κ3) is 3.08. The van der Waals surface area contributed by atoms with Crippen molar-refractivity contribution in [2.75, 3.05) is 31.6 Å². The van der Waals surface area contributed by atoms with Crippen LogP contribution < -0.4 is 10.2 Å². The molecule has 0 spiro atoms. The summed E-state index contributed by atoms with van der Waals surface area (Å²) in [6, 6.07) is 8.33. The Labute approximate surface area is 141 Å². The first kappa shape index (κ1) is 15.0. The number of nitrogens with one attached hydrogen (secondary N) is 1. The van der Waals surface area contributed by atoms with Crippen molar-refractivity contribution in [3.05, 3.63) is 49.1 Å². The lowest BCUT2D eigenvalue weighted by Gasteiger charge is -2.21. The summed E-state index contributed by atoms with van der Waals surface area (Å²) < 4.78 is 0. The van der Waals surface area contributed by atoms with E-state index >= 15 is 0 Å². The first-order valence-electron chi connectivity index (χ1n) is 8.37. The summed E-state index contributed by atoms with van der Waals surface area (Å²) >= 11 is 0. The molecule has 1 atom stereocenters. The summed E-state index contributed by atoms with van der Waals surface area (Å²) in [6.07, 6.45) is 8.60. The minimum absolute atomic E-state index is 0.689. The molecule has 1 aliphatic rings. The third-order valence-corrected chi connectivity index (χ3v) is 4.64. The van der Waals surface area contributed by atoms with Crippen LogP contribution in [0.25, 0.3) is 22.0 Å². The van der Waals surface area contributed by atoms with Gasteiger partial charge in [0.25, 0.3) is 0 Å². The fourth-order valence-corrected chi connectivity index (χ4v) is 3.27. The lowest BCUT2D eigenvalue weighted by Crippen LogP contribution is -2.27. The zero-order valence-corrected chi connectivity index (χ0v) is 13.8. The van der Waals surface area contributed by atoms with Crippen molar-refractivity contribution in [3.63, 3.8) is 0 Å². The fraction of sp³-hybridized carbons (Fsp3) is 0.316. The maximum atomic E-state index is 4.82. The number of rotatable bonds is 4. The van der Waals surface area contributed by atoms with Crippen molar-refractivity contribution < 1.29 is 0 Å². The molecule has 0 saturated carbocycles. The summed E-state index contributed by atoms with van der Waals surface area (Å²) in [7, 11) is 2.10. The Kier molecular flexibility index (Phi) is 4.09. The summed E-state index contributed by atoms with van der Waals surface area (Å²) in [5.74, 6) is 1.61. The molecular formula is C19H21N5. The van der Waals surface area contributed by atoms with Crippen LogP contribution in [0, 0.1) is 5.92 Å². The standard InChI is InChI=1S/C19H21N5/c1-24(13-14-4-6-20-9-14)19-12-22-11-18(23-19)16-2-3-17-10-21-7-5-15(17)8-16/h2-3,5,7-8,10-12,14,20H,4,6,9,13H2,1H3. The number of aromatic nitrogens is 3. The molecule has 3 heterocycles. The number of fused-ring (bicyclic) bond motifs is 1. The first-order chi connectivity index (χ1) is 11.8. The number of nitrogens with zero attached hydrogens (tertiary/aromatic N) is 4. The molecule has 24 heavy (non-hydrogen) atoms. The molecule has 5 heteroatoms. The maximum absolute atomic E-state index is 4.82. The van der Waals surface area contributed by atoms with Gasteiger partial charge in [0.15, 0.2) is 0 Å². The van der Waals surface area contributed by atoms with Crippen molar-refractivity contribution in [1.29, 1.82) is 0 Å². The van der Waals surface area contributed by atoms with Crippen LogP contribution in [0.5, 0.6) is 0 Å². The molecule has 3 aromatic rings.